The molecule has 0 N–H and O–H groups in total. The zero-order valence-electron chi connectivity index (χ0n) is 12.7. The molecular weight excluding hydrogens is 288 g/mol. The Kier molecular flexibility index (Phi) is 4.39. The molecule has 0 aliphatic rings. The molecule has 0 unspecified atom stereocenters. The number of carbonyl (C=O) groups excluding carboxylic acids is 1. The highest BCUT2D eigenvalue weighted by Crippen LogP contribution is 2.29. The van der Waals surface area contributed by atoms with Gasteiger partial charge in [0.25, 0.3) is 0 Å². The summed E-state index contributed by atoms with van der Waals surface area (Å²) in [4.78, 5) is 12.0. The van der Waals surface area contributed by atoms with E-state index in [1.807, 2.05) is 67.6 Å². The van der Waals surface area contributed by atoms with Crippen LogP contribution >= 0.6 is 0 Å². The van der Waals surface area contributed by atoms with Crippen molar-refractivity contribution in [1.82, 2.24) is 0 Å². The van der Waals surface area contributed by atoms with Crippen LogP contribution in [0.15, 0.2) is 78.9 Å². The number of carbonyl (C=O) groups is 1. The fourth-order valence-electron chi connectivity index (χ4n) is 2.22. The second-order valence-electron chi connectivity index (χ2n) is 5.13. The third kappa shape index (κ3) is 3.77. The zero-order valence-corrected chi connectivity index (χ0v) is 12.7. The minimum absolute atomic E-state index is 0.456. The van der Waals surface area contributed by atoms with Crippen LogP contribution in [-0.2, 0) is 0 Å². The summed E-state index contributed by atoms with van der Waals surface area (Å²) in [5.41, 5.74) is 2.92. The minimum Gasteiger partial charge on any atom is -0.395 e. The molecule has 3 rings (SSSR count). The zero-order chi connectivity index (χ0) is 16.1. The van der Waals surface area contributed by atoms with Gasteiger partial charge in [-0.1, -0.05) is 66.2 Å². The molecule has 0 saturated heterocycles. The van der Waals surface area contributed by atoms with E-state index in [2.05, 4.69) is 0 Å². The maximum absolute atomic E-state index is 12.0. The lowest BCUT2D eigenvalue weighted by atomic mass is 10.1. The van der Waals surface area contributed by atoms with Crippen molar-refractivity contribution in [2.75, 3.05) is 0 Å². The van der Waals surface area contributed by atoms with Crippen molar-refractivity contribution in [1.29, 1.82) is 0 Å². The summed E-state index contributed by atoms with van der Waals surface area (Å²) in [6, 6.07) is 24.4. The molecule has 0 saturated carbocycles. The molecule has 23 heavy (non-hydrogen) atoms. The molecule has 0 heterocycles. The average molecular weight is 304 g/mol. The van der Waals surface area contributed by atoms with E-state index in [9.17, 15) is 4.79 Å². The van der Waals surface area contributed by atoms with E-state index >= 15 is 0 Å². The van der Waals surface area contributed by atoms with Crippen LogP contribution in [0.4, 0.5) is 4.79 Å². The van der Waals surface area contributed by atoms with Gasteiger partial charge in [0.1, 0.15) is 11.5 Å². The number of ether oxygens (including phenoxy) is 2. The van der Waals surface area contributed by atoms with E-state index in [-0.39, 0.29) is 0 Å². The van der Waals surface area contributed by atoms with Gasteiger partial charge in [-0.05, 0) is 30.7 Å². The lowest BCUT2D eigenvalue weighted by Gasteiger charge is -2.10. The van der Waals surface area contributed by atoms with Crippen LogP contribution in [0, 0.1) is 6.92 Å². The van der Waals surface area contributed by atoms with Crippen LogP contribution in [0.5, 0.6) is 11.5 Å². The van der Waals surface area contributed by atoms with Crippen molar-refractivity contribution in [3.05, 3.63) is 84.4 Å². The topological polar surface area (TPSA) is 35.5 Å². The van der Waals surface area contributed by atoms with E-state index in [0.717, 1.165) is 16.7 Å². The van der Waals surface area contributed by atoms with Crippen LogP contribution in [0.2, 0.25) is 0 Å². The van der Waals surface area contributed by atoms with Crippen LogP contribution in [-0.4, -0.2) is 6.16 Å². The molecule has 0 bridgehead atoms. The first-order chi connectivity index (χ1) is 11.2. The molecule has 0 spiro atoms. The summed E-state index contributed by atoms with van der Waals surface area (Å²) in [7, 11) is 0. The lowest BCUT2D eigenvalue weighted by Crippen LogP contribution is -2.14. The third-order valence-electron chi connectivity index (χ3n) is 3.39. The smallest absolute Gasteiger partial charge is 0.395 e. The van der Waals surface area contributed by atoms with E-state index < -0.39 is 6.16 Å². The van der Waals surface area contributed by atoms with Crippen molar-refractivity contribution in [3.63, 3.8) is 0 Å². The molecule has 3 aromatic carbocycles. The van der Waals surface area contributed by atoms with Crippen LogP contribution in [0.25, 0.3) is 11.1 Å². The van der Waals surface area contributed by atoms with Crippen molar-refractivity contribution in [2.24, 2.45) is 0 Å². The molecule has 0 aliphatic heterocycles. The first kappa shape index (κ1) is 14.9. The monoisotopic (exact) mass is 304 g/mol. The fourth-order valence-corrected chi connectivity index (χ4v) is 2.22. The quantitative estimate of drug-likeness (QED) is 0.490. The molecule has 3 nitrogen and oxygen atoms in total. The van der Waals surface area contributed by atoms with E-state index in [0.29, 0.717) is 11.5 Å². The van der Waals surface area contributed by atoms with Crippen molar-refractivity contribution in [3.8, 4) is 22.6 Å². The molecular formula is C20H16O3. The maximum atomic E-state index is 12.0. The molecule has 3 aromatic rings. The van der Waals surface area contributed by atoms with Crippen LogP contribution in [0.3, 0.4) is 0 Å². The second-order valence-corrected chi connectivity index (χ2v) is 5.13. The number of aryl methyl sites for hydroxylation is 1. The van der Waals surface area contributed by atoms with Crippen molar-refractivity contribution >= 4 is 6.16 Å². The minimum atomic E-state index is -0.753. The van der Waals surface area contributed by atoms with E-state index in [1.165, 1.54) is 0 Å². The van der Waals surface area contributed by atoms with Crippen molar-refractivity contribution < 1.29 is 14.3 Å². The molecule has 114 valence electrons. The molecule has 3 heteroatoms. The Morgan fingerprint density at radius 2 is 1.39 bits per heavy atom. The van der Waals surface area contributed by atoms with Gasteiger partial charge in [-0.15, -0.1) is 0 Å². The average Bonchev–Trinajstić information content (AvgIpc) is 2.58. The molecule has 0 amide bonds. The van der Waals surface area contributed by atoms with Crippen LogP contribution < -0.4 is 9.47 Å². The Bertz CT molecular complexity index is 793. The van der Waals surface area contributed by atoms with Gasteiger partial charge in [-0.3, -0.25) is 0 Å². The summed E-state index contributed by atoms with van der Waals surface area (Å²) >= 11 is 0. The first-order valence-electron chi connectivity index (χ1n) is 7.33. The first-order valence-corrected chi connectivity index (χ1v) is 7.33. The third-order valence-corrected chi connectivity index (χ3v) is 3.39. The molecule has 0 fully saturated rings. The number of benzene rings is 3. The van der Waals surface area contributed by atoms with E-state index in [1.54, 1.807) is 18.2 Å². The van der Waals surface area contributed by atoms with Crippen LogP contribution in [0.1, 0.15) is 5.56 Å². The van der Waals surface area contributed by atoms with Crippen molar-refractivity contribution in [2.45, 2.75) is 6.92 Å². The van der Waals surface area contributed by atoms with Gasteiger partial charge in [0.15, 0.2) is 0 Å². The van der Waals surface area contributed by atoms with Gasteiger partial charge in [0.2, 0.25) is 0 Å². The number of para-hydroxylation sites is 1. The molecule has 0 atom stereocenters. The van der Waals surface area contributed by atoms with Gasteiger partial charge in [-0.25, -0.2) is 4.79 Å². The SMILES string of the molecule is Cc1ccc(OC(=O)Oc2ccccc2-c2ccccc2)cc1. The highest BCUT2D eigenvalue weighted by molar-refractivity contribution is 5.75. The highest BCUT2D eigenvalue weighted by Gasteiger charge is 2.12. The normalized spacial score (nSPS) is 10.1. The summed E-state index contributed by atoms with van der Waals surface area (Å²) in [5.74, 6) is 0.925. The number of rotatable bonds is 3. The van der Waals surface area contributed by atoms with Gasteiger partial charge >= 0.3 is 6.16 Å². The Balaban J connectivity index is 1.78. The number of hydrogen-bond donors (Lipinski definition) is 0. The summed E-state index contributed by atoms with van der Waals surface area (Å²) in [5, 5.41) is 0. The number of hydrogen-bond acceptors (Lipinski definition) is 3. The van der Waals surface area contributed by atoms with Gasteiger partial charge < -0.3 is 9.47 Å². The van der Waals surface area contributed by atoms with Gasteiger partial charge in [0, 0.05) is 5.56 Å². The Labute approximate surface area is 135 Å². The largest absolute Gasteiger partial charge is 0.519 e. The highest BCUT2D eigenvalue weighted by atomic mass is 16.7. The summed E-state index contributed by atoms with van der Waals surface area (Å²) in [6.45, 7) is 1.97. The van der Waals surface area contributed by atoms with Gasteiger partial charge in [0.05, 0.1) is 0 Å². The standard InChI is InChI=1S/C20H16O3/c1-15-11-13-17(14-12-15)22-20(21)23-19-10-6-5-9-18(19)16-7-3-2-4-8-16/h2-14H,1H3. The Morgan fingerprint density at radius 1 is 0.739 bits per heavy atom. The predicted octanol–water partition coefficient (Wildman–Crippen LogP) is 5.24. The van der Waals surface area contributed by atoms with E-state index in [4.69, 9.17) is 9.47 Å². The fraction of sp³-hybridized carbons (Fsp3) is 0.0500. The predicted molar refractivity (Wildman–Crippen MR) is 89.7 cm³/mol. The maximum Gasteiger partial charge on any atom is 0.519 e. The summed E-state index contributed by atoms with van der Waals surface area (Å²) < 4.78 is 10.6. The molecule has 0 aliphatic carbocycles. The summed E-state index contributed by atoms with van der Waals surface area (Å²) in [6.07, 6.45) is -0.753. The molecule has 0 radical (unpaired) electrons. The second kappa shape index (κ2) is 6.79. The van der Waals surface area contributed by atoms with Gasteiger partial charge in [-0.2, -0.15) is 0 Å². The Morgan fingerprint density at radius 3 is 2.13 bits per heavy atom. The molecule has 0 aromatic heterocycles. The Hall–Kier alpha value is -3.07. The lowest BCUT2D eigenvalue weighted by molar-refractivity contribution is 0.152.